The molecule has 0 aliphatic carbocycles. The summed E-state index contributed by atoms with van der Waals surface area (Å²) in [4.78, 5) is 29.5. The molecule has 0 unspecified atom stereocenters. The SMILES string of the molecule is CCn1c(CNC(=O)c2ccccc2C)nnc1SCC(=O)Nc1nc(-c2ccc(C)cc2)cs1. The molecular weight excluding hydrogens is 480 g/mol. The molecule has 0 aliphatic heterocycles. The number of carbonyl (C=O) groups is 2. The number of hydrogen-bond donors (Lipinski definition) is 2. The second-order valence-corrected chi connectivity index (χ2v) is 9.68. The maximum atomic E-state index is 12.5. The van der Waals surface area contributed by atoms with Crippen LogP contribution in [-0.4, -0.2) is 37.3 Å². The van der Waals surface area contributed by atoms with Crippen LogP contribution in [0.4, 0.5) is 5.13 Å². The van der Waals surface area contributed by atoms with E-state index >= 15 is 0 Å². The number of hydrogen-bond acceptors (Lipinski definition) is 7. The van der Waals surface area contributed by atoms with Crippen LogP contribution in [0.5, 0.6) is 0 Å². The van der Waals surface area contributed by atoms with Gasteiger partial charge in [0.05, 0.1) is 18.0 Å². The molecule has 0 bridgehead atoms. The van der Waals surface area contributed by atoms with Crippen molar-refractivity contribution in [1.82, 2.24) is 25.1 Å². The average Bonchev–Trinajstić information content (AvgIpc) is 3.48. The molecule has 2 aromatic carbocycles. The van der Waals surface area contributed by atoms with Gasteiger partial charge < -0.3 is 15.2 Å². The van der Waals surface area contributed by atoms with Gasteiger partial charge in [-0.25, -0.2) is 4.98 Å². The molecule has 2 amide bonds. The molecule has 4 aromatic rings. The van der Waals surface area contributed by atoms with Gasteiger partial charge in [-0.1, -0.05) is 59.8 Å². The average molecular weight is 507 g/mol. The van der Waals surface area contributed by atoms with Crippen LogP contribution in [0.2, 0.25) is 0 Å². The summed E-state index contributed by atoms with van der Waals surface area (Å²) in [6.45, 7) is 6.79. The van der Waals surface area contributed by atoms with E-state index in [1.165, 1.54) is 28.7 Å². The first-order valence-electron chi connectivity index (χ1n) is 11.2. The van der Waals surface area contributed by atoms with E-state index in [0.29, 0.717) is 28.2 Å². The van der Waals surface area contributed by atoms with Crippen molar-refractivity contribution in [1.29, 1.82) is 0 Å². The first kappa shape index (κ1) is 24.6. The summed E-state index contributed by atoms with van der Waals surface area (Å²) in [5, 5.41) is 17.3. The molecule has 0 aliphatic rings. The fourth-order valence-electron chi connectivity index (χ4n) is 3.43. The summed E-state index contributed by atoms with van der Waals surface area (Å²) in [7, 11) is 0. The number of nitrogens with zero attached hydrogens (tertiary/aromatic N) is 4. The summed E-state index contributed by atoms with van der Waals surface area (Å²) in [5.41, 5.74) is 4.58. The molecule has 0 fully saturated rings. The van der Waals surface area contributed by atoms with Gasteiger partial charge >= 0.3 is 0 Å². The monoisotopic (exact) mass is 506 g/mol. The molecule has 180 valence electrons. The third kappa shape index (κ3) is 6.14. The highest BCUT2D eigenvalue weighted by Gasteiger charge is 2.16. The number of thioether (sulfide) groups is 1. The van der Waals surface area contributed by atoms with E-state index in [1.807, 2.05) is 73.2 Å². The first-order chi connectivity index (χ1) is 16.9. The van der Waals surface area contributed by atoms with Crippen molar-refractivity contribution < 1.29 is 9.59 Å². The van der Waals surface area contributed by atoms with E-state index < -0.39 is 0 Å². The number of thiazole rings is 1. The van der Waals surface area contributed by atoms with E-state index in [-0.39, 0.29) is 24.1 Å². The maximum Gasteiger partial charge on any atom is 0.251 e. The van der Waals surface area contributed by atoms with Crippen LogP contribution in [0, 0.1) is 13.8 Å². The van der Waals surface area contributed by atoms with E-state index in [9.17, 15) is 9.59 Å². The Morgan fingerprint density at radius 1 is 1.06 bits per heavy atom. The van der Waals surface area contributed by atoms with E-state index in [4.69, 9.17) is 0 Å². The molecule has 0 atom stereocenters. The van der Waals surface area contributed by atoms with Crippen molar-refractivity contribution in [3.8, 4) is 11.3 Å². The molecule has 8 nitrogen and oxygen atoms in total. The Labute approximate surface area is 212 Å². The zero-order valence-corrected chi connectivity index (χ0v) is 21.4. The van der Waals surface area contributed by atoms with Gasteiger partial charge in [-0.05, 0) is 32.4 Å². The Hall–Kier alpha value is -3.50. The van der Waals surface area contributed by atoms with E-state index in [2.05, 4.69) is 25.8 Å². The zero-order valence-electron chi connectivity index (χ0n) is 19.7. The summed E-state index contributed by atoms with van der Waals surface area (Å²) >= 11 is 2.69. The van der Waals surface area contributed by atoms with E-state index in [1.54, 1.807) is 6.07 Å². The Morgan fingerprint density at radius 2 is 1.83 bits per heavy atom. The van der Waals surface area contributed by atoms with Crippen molar-refractivity contribution >= 4 is 40.0 Å². The Balaban J connectivity index is 1.32. The lowest BCUT2D eigenvalue weighted by Crippen LogP contribution is -2.25. The number of rotatable bonds is 9. The normalized spacial score (nSPS) is 10.8. The molecule has 0 saturated carbocycles. The fourth-order valence-corrected chi connectivity index (χ4v) is 4.99. The lowest BCUT2D eigenvalue weighted by Gasteiger charge is -2.09. The van der Waals surface area contributed by atoms with Crippen LogP contribution in [-0.2, 0) is 17.9 Å². The highest BCUT2D eigenvalue weighted by molar-refractivity contribution is 7.99. The summed E-state index contributed by atoms with van der Waals surface area (Å²) in [5.74, 6) is 0.489. The fraction of sp³-hybridized carbons (Fsp3) is 0.240. The van der Waals surface area contributed by atoms with E-state index in [0.717, 1.165) is 16.8 Å². The number of nitrogens with one attached hydrogen (secondary N) is 2. The van der Waals surface area contributed by atoms with Crippen LogP contribution in [0.1, 0.15) is 34.2 Å². The molecule has 0 spiro atoms. The number of benzene rings is 2. The number of amides is 2. The second kappa shape index (κ2) is 11.3. The molecule has 0 saturated heterocycles. The highest BCUT2D eigenvalue weighted by atomic mass is 32.2. The summed E-state index contributed by atoms with van der Waals surface area (Å²) in [6, 6.07) is 15.5. The lowest BCUT2D eigenvalue weighted by atomic mass is 10.1. The molecule has 2 N–H and O–H groups in total. The topological polar surface area (TPSA) is 102 Å². The van der Waals surface area contributed by atoms with Gasteiger partial charge in [-0.3, -0.25) is 9.59 Å². The largest absolute Gasteiger partial charge is 0.345 e. The lowest BCUT2D eigenvalue weighted by molar-refractivity contribution is -0.113. The predicted molar refractivity (Wildman–Crippen MR) is 140 cm³/mol. The van der Waals surface area contributed by atoms with Gasteiger partial charge in [0.1, 0.15) is 0 Å². The molecule has 10 heteroatoms. The van der Waals surface area contributed by atoms with Crippen LogP contribution >= 0.6 is 23.1 Å². The predicted octanol–water partition coefficient (Wildman–Crippen LogP) is 4.70. The third-order valence-corrected chi connectivity index (χ3v) is 7.06. The van der Waals surface area contributed by atoms with Gasteiger partial charge in [-0.2, -0.15) is 0 Å². The van der Waals surface area contributed by atoms with Gasteiger partial charge in [0.2, 0.25) is 5.91 Å². The van der Waals surface area contributed by atoms with Crippen LogP contribution in [0.15, 0.2) is 59.1 Å². The number of aryl methyl sites for hydroxylation is 2. The maximum absolute atomic E-state index is 12.5. The Bertz CT molecular complexity index is 1330. The van der Waals surface area contributed by atoms with Gasteiger partial charge in [0.25, 0.3) is 5.91 Å². The quantitative estimate of drug-likeness (QED) is 0.319. The highest BCUT2D eigenvalue weighted by Crippen LogP contribution is 2.25. The number of aromatic nitrogens is 4. The van der Waals surface area contributed by atoms with Crippen LogP contribution < -0.4 is 10.6 Å². The van der Waals surface area contributed by atoms with Gasteiger partial charge in [0.15, 0.2) is 16.1 Å². The molecule has 0 radical (unpaired) electrons. The van der Waals surface area contributed by atoms with Gasteiger partial charge in [-0.15, -0.1) is 21.5 Å². The minimum Gasteiger partial charge on any atom is -0.345 e. The first-order valence-corrected chi connectivity index (χ1v) is 13.0. The van der Waals surface area contributed by atoms with Crippen molar-refractivity contribution in [2.45, 2.75) is 39.0 Å². The third-order valence-electron chi connectivity index (χ3n) is 5.34. The van der Waals surface area contributed by atoms with Crippen molar-refractivity contribution in [3.63, 3.8) is 0 Å². The van der Waals surface area contributed by atoms with Gasteiger partial charge in [0, 0.05) is 23.1 Å². The Kier molecular flexibility index (Phi) is 7.94. The minimum absolute atomic E-state index is 0.157. The molecule has 2 aromatic heterocycles. The van der Waals surface area contributed by atoms with Crippen molar-refractivity contribution in [2.75, 3.05) is 11.1 Å². The van der Waals surface area contributed by atoms with Crippen LogP contribution in [0.3, 0.4) is 0 Å². The van der Waals surface area contributed by atoms with Crippen molar-refractivity contribution in [3.05, 3.63) is 76.4 Å². The molecule has 35 heavy (non-hydrogen) atoms. The van der Waals surface area contributed by atoms with Crippen LogP contribution in [0.25, 0.3) is 11.3 Å². The van der Waals surface area contributed by atoms with Crippen molar-refractivity contribution in [2.24, 2.45) is 0 Å². The standard InChI is InChI=1S/C25H26N6O2S2/c1-4-31-21(13-26-23(33)19-8-6-5-7-17(19)3)29-30-25(31)35-15-22(32)28-24-27-20(14-34-24)18-11-9-16(2)10-12-18/h5-12,14H,4,13,15H2,1-3H3,(H,26,33)(H,27,28,32). The summed E-state index contributed by atoms with van der Waals surface area (Å²) in [6.07, 6.45) is 0. The second-order valence-electron chi connectivity index (χ2n) is 7.88. The minimum atomic E-state index is -0.167. The molecule has 4 rings (SSSR count). The Morgan fingerprint density at radius 3 is 2.57 bits per heavy atom. The summed E-state index contributed by atoms with van der Waals surface area (Å²) < 4.78 is 1.90. The number of carbonyl (C=O) groups excluding carboxylic acids is 2. The zero-order chi connectivity index (χ0) is 24.8. The molecular formula is C25H26N6O2S2. The number of anilines is 1. The molecule has 2 heterocycles. The smallest absolute Gasteiger partial charge is 0.251 e.